The molecule has 3 heterocycles. The van der Waals surface area contributed by atoms with Crippen molar-refractivity contribution in [2.24, 2.45) is 19.8 Å². The molecule has 26 heavy (non-hydrogen) atoms. The van der Waals surface area contributed by atoms with Crippen LogP contribution in [-0.2, 0) is 30.7 Å². The predicted molar refractivity (Wildman–Crippen MR) is 96.2 cm³/mol. The van der Waals surface area contributed by atoms with E-state index in [2.05, 4.69) is 9.88 Å². The van der Waals surface area contributed by atoms with E-state index >= 15 is 0 Å². The summed E-state index contributed by atoms with van der Waals surface area (Å²) in [7, 11) is -0.225. The lowest BCUT2D eigenvalue weighted by Crippen LogP contribution is -2.48. The minimum Gasteiger partial charge on any atom is -0.364 e. The largest absolute Gasteiger partial charge is 0.364 e. The van der Waals surface area contributed by atoms with E-state index in [-0.39, 0.29) is 10.6 Å². The first kappa shape index (κ1) is 18.9. The van der Waals surface area contributed by atoms with Crippen LogP contribution < -0.4 is 5.73 Å². The Labute approximate surface area is 157 Å². The highest BCUT2D eigenvalue weighted by atomic mass is 35.5. The van der Waals surface area contributed by atoms with Crippen LogP contribution in [0, 0.1) is 0 Å². The number of sulfonamides is 1. The quantitative estimate of drug-likeness (QED) is 0.761. The van der Waals surface area contributed by atoms with Crippen molar-refractivity contribution in [3.63, 3.8) is 0 Å². The third-order valence-corrected chi connectivity index (χ3v) is 6.81. The molecule has 9 nitrogen and oxygen atoms in total. The molecule has 1 fully saturated rings. The Balaban J connectivity index is 1.68. The molecule has 1 aliphatic heterocycles. The SMILES string of the molecule is Cn1cc(S(=O)(=O)N2CCN(Cc3ncc(Cl)n3C)CC2)cc1C(N)=O. The average Bonchev–Trinajstić information content (AvgIpc) is 3.13. The van der Waals surface area contributed by atoms with Gasteiger partial charge in [0.1, 0.15) is 21.6 Å². The lowest BCUT2D eigenvalue weighted by Gasteiger charge is -2.33. The minimum atomic E-state index is -3.66. The van der Waals surface area contributed by atoms with Gasteiger partial charge in [0.2, 0.25) is 10.0 Å². The molecule has 142 valence electrons. The van der Waals surface area contributed by atoms with Crippen LogP contribution in [0.2, 0.25) is 5.15 Å². The zero-order chi connectivity index (χ0) is 19.1. The molecular weight excluding hydrogens is 380 g/mol. The second-order valence-corrected chi connectivity index (χ2v) is 8.60. The number of halogens is 1. The molecule has 2 aromatic heterocycles. The summed E-state index contributed by atoms with van der Waals surface area (Å²) >= 11 is 5.99. The van der Waals surface area contributed by atoms with Gasteiger partial charge in [-0.25, -0.2) is 13.4 Å². The number of aryl methyl sites for hydroxylation is 1. The van der Waals surface area contributed by atoms with Gasteiger partial charge < -0.3 is 14.9 Å². The van der Waals surface area contributed by atoms with Crippen LogP contribution in [0.15, 0.2) is 23.4 Å². The summed E-state index contributed by atoms with van der Waals surface area (Å²) in [6.45, 7) is 2.50. The van der Waals surface area contributed by atoms with Crippen LogP contribution in [0.4, 0.5) is 0 Å². The summed E-state index contributed by atoms with van der Waals surface area (Å²) in [4.78, 5) is 17.8. The predicted octanol–water partition coefficient (Wildman–Crippen LogP) is 0.0174. The molecule has 0 bridgehead atoms. The maximum atomic E-state index is 12.8. The number of piperazine rings is 1. The maximum Gasteiger partial charge on any atom is 0.265 e. The Hall–Kier alpha value is -1.88. The molecule has 0 spiro atoms. The van der Waals surface area contributed by atoms with Crippen LogP contribution in [0.3, 0.4) is 0 Å². The highest BCUT2D eigenvalue weighted by Crippen LogP contribution is 2.21. The molecule has 11 heteroatoms. The Morgan fingerprint density at radius 3 is 2.42 bits per heavy atom. The summed E-state index contributed by atoms with van der Waals surface area (Å²) in [6, 6.07) is 1.32. The zero-order valence-electron chi connectivity index (χ0n) is 14.6. The molecule has 0 unspecified atom stereocenters. The fraction of sp³-hybridized carbons (Fsp3) is 0.467. The lowest BCUT2D eigenvalue weighted by molar-refractivity contribution is 0.0992. The standard InChI is InChI=1S/C15H21ClN6O3S/c1-19-9-11(7-12(19)15(17)23)26(24,25)22-5-3-21(4-6-22)10-14-18-8-13(16)20(14)2/h7-9H,3-6,10H2,1-2H3,(H2,17,23). The fourth-order valence-electron chi connectivity index (χ4n) is 2.97. The summed E-state index contributed by atoms with van der Waals surface area (Å²) in [5, 5.41) is 0.565. The molecule has 2 aromatic rings. The number of hydrogen-bond acceptors (Lipinski definition) is 5. The van der Waals surface area contributed by atoms with Crippen molar-refractivity contribution in [2.45, 2.75) is 11.4 Å². The Kier molecular flexibility index (Phi) is 5.11. The van der Waals surface area contributed by atoms with Gasteiger partial charge in [-0.1, -0.05) is 11.6 Å². The zero-order valence-corrected chi connectivity index (χ0v) is 16.2. The Morgan fingerprint density at radius 1 is 1.27 bits per heavy atom. The van der Waals surface area contributed by atoms with Crippen LogP contribution in [0.25, 0.3) is 0 Å². The molecule has 0 aliphatic carbocycles. The molecule has 0 atom stereocenters. The third-order valence-electron chi connectivity index (χ3n) is 4.59. The van der Waals surface area contributed by atoms with E-state index in [1.807, 2.05) is 7.05 Å². The minimum absolute atomic E-state index is 0.0816. The van der Waals surface area contributed by atoms with Gasteiger partial charge in [0.25, 0.3) is 5.91 Å². The number of primary amides is 1. The first-order valence-electron chi connectivity index (χ1n) is 8.05. The molecule has 0 saturated carbocycles. The monoisotopic (exact) mass is 400 g/mol. The summed E-state index contributed by atoms with van der Waals surface area (Å²) in [5.41, 5.74) is 5.42. The van der Waals surface area contributed by atoms with Crippen molar-refractivity contribution in [1.29, 1.82) is 0 Å². The Bertz CT molecular complexity index is 927. The molecule has 0 aromatic carbocycles. The molecule has 3 rings (SSSR count). The van der Waals surface area contributed by atoms with E-state index in [9.17, 15) is 13.2 Å². The molecular formula is C15H21ClN6O3S. The second-order valence-electron chi connectivity index (χ2n) is 6.27. The number of nitrogens with two attached hydrogens (primary N) is 1. The molecule has 1 aliphatic rings. The van der Waals surface area contributed by atoms with E-state index in [1.165, 1.54) is 21.1 Å². The molecule has 0 radical (unpaired) electrons. The fourth-order valence-corrected chi connectivity index (χ4v) is 4.61. The van der Waals surface area contributed by atoms with Gasteiger partial charge in [0.05, 0.1) is 12.7 Å². The number of imidazole rings is 1. The van der Waals surface area contributed by atoms with Crippen LogP contribution in [0.5, 0.6) is 0 Å². The van der Waals surface area contributed by atoms with E-state index < -0.39 is 15.9 Å². The van der Waals surface area contributed by atoms with E-state index in [0.717, 1.165) is 5.82 Å². The van der Waals surface area contributed by atoms with Gasteiger partial charge in [-0.3, -0.25) is 9.69 Å². The number of rotatable bonds is 5. The second kappa shape index (κ2) is 7.03. The topological polar surface area (TPSA) is 106 Å². The van der Waals surface area contributed by atoms with Crippen molar-refractivity contribution in [1.82, 2.24) is 23.3 Å². The van der Waals surface area contributed by atoms with Gasteiger partial charge in [-0.15, -0.1) is 0 Å². The number of amides is 1. The van der Waals surface area contributed by atoms with E-state index in [1.54, 1.807) is 17.8 Å². The third kappa shape index (κ3) is 3.50. The number of carbonyl (C=O) groups excluding carboxylic acids is 1. The van der Waals surface area contributed by atoms with Crippen molar-refractivity contribution < 1.29 is 13.2 Å². The van der Waals surface area contributed by atoms with Crippen LogP contribution in [-0.4, -0.2) is 63.8 Å². The first-order valence-corrected chi connectivity index (χ1v) is 9.86. The molecule has 1 saturated heterocycles. The van der Waals surface area contributed by atoms with Crippen LogP contribution >= 0.6 is 11.6 Å². The lowest BCUT2D eigenvalue weighted by atomic mass is 10.3. The van der Waals surface area contributed by atoms with Gasteiger partial charge in [-0.2, -0.15) is 4.31 Å². The Morgan fingerprint density at radius 2 is 1.92 bits per heavy atom. The van der Waals surface area contributed by atoms with Crippen molar-refractivity contribution in [3.8, 4) is 0 Å². The summed E-state index contributed by atoms with van der Waals surface area (Å²) in [5.74, 6) is 0.174. The smallest absolute Gasteiger partial charge is 0.265 e. The van der Waals surface area contributed by atoms with Gasteiger partial charge in [0.15, 0.2) is 0 Å². The van der Waals surface area contributed by atoms with Crippen LogP contribution in [0.1, 0.15) is 16.3 Å². The average molecular weight is 401 g/mol. The normalized spacial score (nSPS) is 16.9. The number of hydrogen-bond donors (Lipinski definition) is 1. The van der Waals surface area contributed by atoms with Gasteiger partial charge in [-0.05, 0) is 6.07 Å². The van der Waals surface area contributed by atoms with Crippen molar-refractivity contribution in [3.05, 3.63) is 35.1 Å². The number of nitrogens with zero attached hydrogens (tertiary/aromatic N) is 5. The first-order chi connectivity index (χ1) is 12.2. The summed E-state index contributed by atoms with van der Waals surface area (Å²) < 4.78 is 30.3. The van der Waals surface area contributed by atoms with E-state index in [0.29, 0.717) is 37.9 Å². The number of aromatic nitrogens is 3. The molecule has 1 amide bonds. The number of carbonyl (C=O) groups is 1. The van der Waals surface area contributed by atoms with Crippen molar-refractivity contribution in [2.75, 3.05) is 26.2 Å². The molecule has 2 N–H and O–H groups in total. The van der Waals surface area contributed by atoms with Gasteiger partial charge >= 0.3 is 0 Å². The van der Waals surface area contributed by atoms with Crippen molar-refractivity contribution >= 4 is 27.5 Å². The maximum absolute atomic E-state index is 12.8. The highest BCUT2D eigenvalue weighted by Gasteiger charge is 2.30. The van der Waals surface area contributed by atoms with Gasteiger partial charge in [0, 0.05) is 46.5 Å². The highest BCUT2D eigenvalue weighted by molar-refractivity contribution is 7.89. The van der Waals surface area contributed by atoms with E-state index in [4.69, 9.17) is 17.3 Å². The summed E-state index contributed by atoms with van der Waals surface area (Å²) in [6.07, 6.45) is 3.01.